The van der Waals surface area contributed by atoms with Crippen molar-refractivity contribution >= 4 is 45.7 Å². The molecular formula is C28H28N2O8. The van der Waals surface area contributed by atoms with Crippen molar-refractivity contribution in [2.75, 3.05) is 26.3 Å². The highest BCUT2D eigenvalue weighted by Gasteiger charge is 2.22. The normalized spacial score (nSPS) is 10.4. The molecule has 0 spiro atoms. The van der Waals surface area contributed by atoms with E-state index in [1.54, 1.807) is 24.3 Å². The first-order valence-corrected chi connectivity index (χ1v) is 11.7. The quantitative estimate of drug-likeness (QED) is 0.174. The summed E-state index contributed by atoms with van der Waals surface area (Å²) in [6.45, 7) is 9.83. The van der Waals surface area contributed by atoms with Gasteiger partial charge in [0.25, 0.3) is 0 Å². The van der Waals surface area contributed by atoms with Crippen LogP contribution < -0.4 is 20.1 Å². The summed E-state index contributed by atoms with van der Waals surface area (Å²) in [6, 6.07) is 14.4. The van der Waals surface area contributed by atoms with Crippen molar-refractivity contribution in [1.82, 2.24) is 10.6 Å². The van der Waals surface area contributed by atoms with Crippen LogP contribution in [0.4, 0.5) is 9.59 Å². The largest absolute Gasteiger partial charge is 0.460 e. The summed E-state index contributed by atoms with van der Waals surface area (Å²) in [5, 5.41) is 7.63. The van der Waals surface area contributed by atoms with E-state index in [1.165, 1.54) is 13.8 Å². The number of ether oxygens (including phenoxy) is 4. The molecule has 0 atom stereocenters. The summed E-state index contributed by atoms with van der Waals surface area (Å²) >= 11 is 0. The number of fused-ring (bicyclic) bond motifs is 3. The standard InChI is InChI=1S/C28H28N2O8/c1-17(2)25(31)35-15-13-29-27(33)37-23-21-11-7-5-9-19(21)20-10-6-8-12-22(20)24(23)38-28(34)30-14-16-36-26(32)18(3)4/h5-12H,1,3,13-16H2,2,4H3,(H,29,33)(H,30,34). The van der Waals surface area contributed by atoms with Gasteiger partial charge in [0.2, 0.25) is 0 Å². The lowest BCUT2D eigenvalue weighted by Crippen LogP contribution is -2.32. The van der Waals surface area contributed by atoms with Gasteiger partial charge < -0.3 is 29.6 Å². The van der Waals surface area contributed by atoms with E-state index < -0.39 is 24.1 Å². The molecule has 198 valence electrons. The summed E-state index contributed by atoms with van der Waals surface area (Å²) in [4.78, 5) is 48.3. The lowest BCUT2D eigenvalue weighted by atomic mass is 10.00. The van der Waals surface area contributed by atoms with Gasteiger partial charge >= 0.3 is 24.1 Å². The fourth-order valence-corrected chi connectivity index (χ4v) is 3.38. The minimum atomic E-state index is -0.839. The number of benzene rings is 3. The first-order valence-electron chi connectivity index (χ1n) is 11.7. The summed E-state index contributed by atoms with van der Waals surface area (Å²) < 4.78 is 21.1. The molecular weight excluding hydrogens is 492 g/mol. The molecule has 10 heteroatoms. The van der Waals surface area contributed by atoms with Crippen LogP contribution in [0.1, 0.15) is 13.8 Å². The van der Waals surface area contributed by atoms with Gasteiger partial charge in [-0.15, -0.1) is 0 Å². The highest BCUT2D eigenvalue weighted by atomic mass is 16.6. The fraction of sp³-hybridized carbons (Fsp3) is 0.214. The van der Waals surface area contributed by atoms with Crippen LogP contribution in [-0.2, 0) is 19.1 Å². The van der Waals surface area contributed by atoms with Crippen molar-refractivity contribution in [2.24, 2.45) is 0 Å². The first kappa shape index (κ1) is 27.7. The maximum absolute atomic E-state index is 12.6. The predicted octanol–water partition coefficient (Wildman–Crippen LogP) is 4.41. The fourth-order valence-electron chi connectivity index (χ4n) is 3.38. The number of esters is 2. The van der Waals surface area contributed by atoms with Crippen molar-refractivity contribution < 1.29 is 38.1 Å². The van der Waals surface area contributed by atoms with Gasteiger partial charge in [-0.2, -0.15) is 0 Å². The number of amides is 2. The molecule has 38 heavy (non-hydrogen) atoms. The zero-order valence-electron chi connectivity index (χ0n) is 21.1. The second kappa shape index (κ2) is 12.9. The number of hydrogen-bond donors (Lipinski definition) is 2. The second-order valence-corrected chi connectivity index (χ2v) is 8.21. The minimum Gasteiger partial charge on any atom is -0.460 e. The van der Waals surface area contributed by atoms with Crippen LogP contribution in [-0.4, -0.2) is 50.4 Å². The highest BCUT2D eigenvalue weighted by molar-refractivity contribution is 6.14. The van der Waals surface area contributed by atoms with Crippen LogP contribution in [0, 0.1) is 0 Å². The Hall–Kier alpha value is -4.86. The second-order valence-electron chi connectivity index (χ2n) is 8.21. The zero-order chi connectivity index (χ0) is 27.7. The van der Waals surface area contributed by atoms with E-state index in [2.05, 4.69) is 23.8 Å². The summed E-state index contributed by atoms with van der Waals surface area (Å²) in [5.74, 6) is -1.09. The molecule has 0 aliphatic heterocycles. The molecule has 3 rings (SSSR count). The van der Waals surface area contributed by atoms with E-state index in [9.17, 15) is 19.2 Å². The highest BCUT2D eigenvalue weighted by Crippen LogP contribution is 2.43. The average molecular weight is 521 g/mol. The number of carbonyl (C=O) groups is 4. The Morgan fingerprint density at radius 1 is 0.632 bits per heavy atom. The van der Waals surface area contributed by atoms with Crippen molar-refractivity contribution in [2.45, 2.75) is 13.8 Å². The van der Waals surface area contributed by atoms with Gasteiger partial charge in [0.1, 0.15) is 13.2 Å². The Kier molecular flexibility index (Phi) is 9.42. The van der Waals surface area contributed by atoms with Crippen LogP contribution >= 0.6 is 0 Å². The van der Waals surface area contributed by atoms with Crippen LogP contribution in [0.25, 0.3) is 21.5 Å². The molecule has 0 aliphatic carbocycles. The van der Waals surface area contributed by atoms with Crippen LogP contribution in [0.15, 0.2) is 72.8 Å². The molecule has 0 fully saturated rings. The molecule has 0 saturated carbocycles. The summed E-state index contributed by atoms with van der Waals surface area (Å²) in [6.07, 6.45) is -1.68. The van der Waals surface area contributed by atoms with E-state index >= 15 is 0 Å². The smallest absolute Gasteiger partial charge is 0.412 e. The van der Waals surface area contributed by atoms with E-state index in [0.29, 0.717) is 10.8 Å². The Bertz CT molecular complexity index is 1310. The Morgan fingerprint density at radius 3 is 1.32 bits per heavy atom. The number of carbonyl (C=O) groups excluding carboxylic acids is 4. The summed E-state index contributed by atoms with van der Waals surface area (Å²) in [7, 11) is 0. The van der Waals surface area contributed by atoms with Crippen LogP contribution in [0.3, 0.4) is 0 Å². The molecule has 0 aliphatic rings. The summed E-state index contributed by atoms with van der Waals surface area (Å²) in [5.41, 5.74) is 0.480. The third-order valence-corrected chi connectivity index (χ3v) is 5.14. The van der Waals surface area contributed by atoms with Crippen molar-refractivity contribution in [1.29, 1.82) is 0 Å². The number of nitrogens with one attached hydrogen (secondary N) is 2. The molecule has 3 aromatic carbocycles. The average Bonchev–Trinajstić information content (AvgIpc) is 2.90. The van der Waals surface area contributed by atoms with E-state index in [4.69, 9.17) is 18.9 Å². The third-order valence-electron chi connectivity index (χ3n) is 5.14. The van der Waals surface area contributed by atoms with Gasteiger partial charge in [0.15, 0.2) is 11.5 Å². The molecule has 3 aromatic rings. The Labute approximate surface area is 219 Å². The van der Waals surface area contributed by atoms with Crippen molar-refractivity contribution in [3.8, 4) is 11.5 Å². The lowest BCUT2D eigenvalue weighted by Gasteiger charge is -2.17. The van der Waals surface area contributed by atoms with Gasteiger partial charge in [-0.1, -0.05) is 61.7 Å². The Balaban J connectivity index is 1.82. The van der Waals surface area contributed by atoms with Crippen LogP contribution in [0.5, 0.6) is 11.5 Å². The molecule has 0 aromatic heterocycles. The van der Waals surface area contributed by atoms with Gasteiger partial charge in [-0.3, -0.25) is 0 Å². The number of rotatable bonds is 10. The minimum absolute atomic E-state index is 0.0110. The zero-order valence-corrected chi connectivity index (χ0v) is 21.1. The monoisotopic (exact) mass is 520 g/mol. The molecule has 0 radical (unpaired) electrons. The maximum atomic E-state index is 12.6. The maximum Gasteiger partial charge on any atom is 0.412 e. The first-order chi connectivity index (χ1) is 18.2. The van der Waals surface area contributed by atoms with Gasteiger partial charge in [-0.05, 0) is 24.6 Å². The van der Waals surface area contributed by atoms with E-state index in [0.717, 1.165) is 10.8 Å². The molecule has 2 N–H and O–H groups in total. The van der Waals surface area contributed by atoms with Gasteiger partial charge in [0.05, 0.1) is 13.1 Å². The molecule has 2 amide bonds. The molecule has 10 nitrogen and oxygen atoms in total. The van der Waals surface area contributed by atoms with E-state index in [1.807, 2.05) is 24.3 Å². The predicted molar refractivity (Wildman–Crippen MR) is 141 cm³/mol. The topological polar surface area (TPSA) is 129 Å². The molecule has 0 unspecified atom stereocenters. The van der Waals surface area contributed by atoms with E-state index in [-0.39, 0.29) is 48.9 Å². The lowest BCUT2D eigenvalue weighted by molar-refractivity contribution is -0.139. The molecule has 0 bridgehead atoms. The Morgan fingerprint density at radius 2 is 0.974 bits per heavy atom. The van der Waals surface area contributed by atoms with Crippen molar-refractivity contribution in [3.63, 3.8) is 0 Å². The SMILES string of the molecule is C=C(C)C(=O)OCCNC(=O)Oc1c(OC(=O)NCCOC(=O)C(=C)C)c2ccccc2c2ccccc12. The third kappa shape index (κ3) is 7.10. The number of hydrogen-bond acceptors (Lipinski definition) is 8. The van der Waals surface area contributed by atoms with Crippen LogP contribution in [0.2, 0.25) is 0 Å². The van der Waals surface area contributed by atoms with Gasteiger partial charge in [-0.25, -0.2) is 19.2 Å². The molecule has 0 saturated heterocycles. The molecule has 0 heterocycles. The van der Waals surface area contributed by atoms with Crippen molar-refractivity contribution in [3.05, 3.63) is 72.8 Å². The van der Waals surface area contributed by atoms with Gasteiger partial charge in [0, 0.05) is 21.9 Å².